The number of anilines is 2. The molecule has 1 atom stereocenters. The van der Waals surface area contributed by atoms with Gasteiger partial charge in [-0.25, -0.2) is 9.97 Å². The standard InChI is InChI=1S/C24H26N4/c1-4-6-20-21-15-16(2)7-12-22(21)28-23(20)17(3)18-8-10-19(11-9-18)27-24-25-13-5-14-26-24/h5,7-15,17,28H,4,6H2,1-3H3,(H,25,26,27). The van der Waals surface area contributed by atoms with Crippen molar-refractivity contribution in [2.24, 2.45) is 0 Å². The van der Waals surface area contributed by atoms with Gasteiger partial charge in [0.05, 0.1) is 0 Å². The molecule has 142 valence electrons. The molecule has 0 saturated carbocycles. The zero-order chi connectivity index (χ0) is 19.5. The Kier molecular flexibility index (Phi) is 5.11. The lowest BCUT2D eigenvalue weighted by Gasteiger charge is -2.14. The molecule has 4 nitrogen and oxygen atoms in total. The molecule has 0 fully saturated rings. The third-order valence-electron chi connectivity index (χ3n) is 5.26. The summed E-state index contributed by atoms with van der Waals surface area (Å²) in [5, 5.41) is 4.60. The minimum Gasteiger partial charge on any atom is -0.358 e. The van der Waals surface area contributed by atoms with Gasteiger partial charge in [0, 0.05) is 40.6 Å². The van der Waals surface area contributed by atoms with E-state index in [1.54, 1.807) is 12.4 Å². The topological polar surface area (TPSA) is 53.6 Å². The Hall–Kier alpha value is -3.14. The molecule has 4 heteroatoms. The second kappa shape index (κ2) is 7.85. The third-order valence-corrected chi connectivity index (χ3v) is 5.26. The Morgan fingerprint density at radius 1 is 1.04 bits per heavy atom. The van der Waals surface area contributed by atoms with E-state index >= 15 is 0 Å². The maximum Gasteiger partial charge on any atom is 0.227 e. The maximum atomic E-state index is 4.22. The summed E-state index contributed by atoms with van der Waals surface area (Å²) < 4.78 is 0. The molecule has 0 amide bonds. The second-order valence-corrected chi connectivity index (χ2v) is 7.36. The summed E-state index contributed by atoms with van der Waals surface area (Å²) in [4.78, 5) is 12.1. The number of hydrogen-bond acceptors (Lipinski definition) is 3. The van der Waals surface area contributed by atoms with Crippen LogP contribution in [0.2, 0.25) is 0 Å². The van der Waals surface area contributed by atoms with E-state index < -0.39 is 0 Å². The molecule has 2 aromatic carbocycles. The van der Waals surface area contributed by atoms with Crippen molar-refractivity contribution in [1.82, 2.24) is 15.0 Å². The van der Waals surface area contributed by atoms with E-state index in [-0.39, 0.29) is 0 Å². The number of aromatic amines is 1. The molecule has 0 bridgehead atoms. The van der Waals surface area contributed by atoms with Gasteiger partial charge in [0.1, 0.15) is 0 Å². The molecule has 28 heavy (non-hydrogen) atoms. The smallest absolute Gasteiger partial charge is 0.227 e. The van der Waals surface area contributed by atoms with Crippen LogP contribution in [0.4, 0.5) is 11.6 Å². The minimum absolute atomic E-state index is 0.302. The van der Waals surface area contributed by atoms with Crippen molar-refractivity contribution < 1.29 is 0 Å². The molecule has 0 aliphatic carbocycles. The fourth-order valence-corrected chi connectivity index (χ4v) is 3.79. The molecular weight excluding hydrogens is 344 g/mol. The molecular formula is C24H26N4. The van der Waals surface area contributed by atoms with Crippen LogP contribution in [0, 0.1) is 6.92 Å². The molecule has 0 spiro atoms. The second-order valence-electron chi connectivity index (χ2n) is 7.36. The van der Waals surface area contributed by atoms with Crippen molar-refractivity contribution in [2.75, 3.05) is 5.32 Å². The molecule has 0 saturated heterocycles. The third kappa shape index (κ3) is 3.63. The van der Waals surface area contributed by atoms with Crippen molar-refractivity contribution in [3.63, 3.8) is 0 Å². The van der Waals surface area contributed by atoms with Crippen LogP contribution in [0.15, 0.2) is 60.9 Å². The molecule has 2 heterocycles. The van der Waals surface area contributed by atoms with Crippen LogP contribution in [-0.4, -0.2) is 15.0 Å². The largest absolute Gasteiger partial charge is 0.358 e. The van der Waals surface area contributed by atoms with Crippen LogP contribution in [0.1, 0.15) is 48.6 Å². The van der Waals surface area contributed by atoms with Gasteiger partial charge in [-0.2, -0.15) is 0 Å². The van der Waals surface area contributed by atoms with Crippen LogP contribution in [0.25, 0.3) is 10.9 Å². The van der Waals surface area contributed by atoms with Gasteiger partial charge in [-0.1, -0.05) is 44.0 Å². The van der Waals surface area contributed by atoms with Gasteiger partial charge in [0.15, 0.2) is 0 Å². The number of rotatable bonds is 6. The summed E-state index contributed by atoms with van der Waals surface area (Å²) in [6, 6.07) is 17.0. The summed E-state index contributed by atoms with van der Waals surface area (Å²) in [5.74, 6) is 0.913. The zero-order valence-electron chi connectivity index (χ0n) is 16.7. The van der Waals surface area contributed by atoms with E-state index in [1.165, 1.54) is 33.3 Å². The molecule has 4 rings (SSSR count). The van der Waals surface area contributed by atoms with E-state index in [9.17, 15) is 0 Å². The normalized spacial score (nSPS) is 12.2. The average molecular weight is 371 g/mol. The monoisotopic (exact) mass is 370 g/mol. The first-order valence-corrected chi connectivity index (χ1v) is 9.91. The number of benzene rings is 2. The molecule has 4 aromatic rings. The van der Waals surface area contributed by atoms with Crippen LogP contribution < -0.4 is 5.32 Å². The van der Waals surface area contributed by atoms with Crippen molar-refractivity contribution in [2.45, 2.75) is 39.5 Å². The van der Waals surface area contributed by atoms with E-state index in [2.05, 4.69) is 83.5 Å². The molecule has 0 radical (unpaired) electrons. The first-order valence-electron chi connectivity index (χ1n) is 9.91. The Bertz CT molecular complexity index is 1070. The number of nitrogens with zero attached hydrogens (tertiary/aromatic N) is 2. The summed E-state index contributed by atoms with van der Waals surface area (Å²) in [7, 11) is 0. The lowest BCUT2D eigenvalue weighted by molar-refractivity contribution is 0.838. The summed E-state index contributed by atoms with van der Waals surface area (Å²) >= 11 is 0. The number of aromatic nitrogens is 3. The van der Waals surface area contributed by atoms with Gasteiger partial charge in [-0.15, -0.1) is 0 Å². The summed E-state index contributed by atoms with van der Waals surface area (Å²) in [5.41, 5.74) is 7.60. The fourth-order valence-electron chi connectivity index (χ4n) is 3.79. The van der Waals surface area contributed by atoms with E-state index in [4.69, 9.17) is 0 Å². The van der Waals surface area contributed by atoms with Gasteiger partial charge in [0.25, 0.3) is 0 Å². The van der Waals surface area contributed by atoms with Crippen molar-refractivity contribution >= 4 is 22.5 Å². The highest BCUT2D eigenvalue weighted by atomic mass is 15.1. The molecule has 1 unspecified atom stereocenters. The fraction of sp³-hybridized carbons (Fsp3) is 0.250. The molecule has 2 N–H and O–H groups in total. The van der Waals surface area contributed by atoms with Crippen LogP contribution in [0.3, 0.4) is 0 Å². The number of nitrogens with one attached hydrogen (secondary N) is 2. The highest BCUT2D eigenvalue weighted by Crippen LogP contribution is 2.33. The highest BCUT2D eigenvalue weighted by molar-refractivity contribution is 5.85. The lowest BCUT2D eigenvalue weighted by atomic mass is 9.92. The van der Waals surface area contributed by atoms with Gasteiger partial charge in [-0.05, 0) is 54.8 Å². The molecule has 0 aliphatic heterocycles. The Morgan fingerprint density at radius 2 is 1.79 bits per heavy atom. The van der Waals surface area contributed by atoms with E-state index in [1.807, 2.05) is 6.07 Å². The number of hydrogen-bond donors (Lipinski definition) is 2. The van der Waals surface area contributed by atoms with Gasteiger partial charge < -0.3 is 10.3 Å². The SMILES string of the molecule is CCCc1c(C(C)c2ccc(Nc3ncccn3)cc2)[nH]c2ccc(C)cc12. The predicted molar refractivity (Wildman–Crippen MR) is 116 cm³/mol. The average Bonchev–Trinajstić information content (AvgIpc) is 3.07. The van der Waals surface area contributed by atoms with Crippen LogP contribution in [-0.2, 0) is 6.42 Å². The zero-order valence-corrected chi connectivity index (χ0v) is 16.7. The van der Waals surface area contributed by atoms with Crippen molar-refractivity contribution in [3.8, 4) is 0 Å². The quantitative estimate of drug-likeness (QED) is 0.430. The van der Waals surface area contributed by atoms with Gasteiger partial charge in [-0.3, -0.25) is 0 Å². The number of H-pyrrole nitrogens is 1. The highest BCUT2D eigenvalue weighted by Gasteiger charge is 2.18. The molecule has 0 aliphatic rings. The van der Waals surface area contributed by atoms with Crippen LogP contribution >= 0.6 is 0 Å². The van der Waals surface area contributed by atoms with Gasteiger partial charge in [0.2, 0.25) is 5.95 Å². The first-order chi connectivity index (χ1) is 13.7. The predicted octanol–water partition coefficient (Wildman–Crippen LogP) is 6.11. The Labute approximate surface area is 166 Å². The first kappa shape index (κ1) is 18.2. The van der Waals surface area contributed by atoms with Crippen LogP contribution in [0.5, 0.6) is 0 Å². The Balaban J connectivity index is 1.63. The van der Waals surface area contributed by atoms with Crippen molar-refractivity contribution in [3.05, 3.63) is 83.3 Å². The lowest BCUT2D eigenvalue weighted by Crippen LogP contribution is -2.01. The maximum absolute atomic E-state index is 4.22. The summed E-state index contributed by atoms with van der Waals surface area (Å²) in [6.07, 6.45) is 5.70. The number of fused-ring (bicyclic) bond motifs is 1. The van der Waals surface area contributed by atoms with E-state index in [0.717, 1.165) is 18.5 Å². The van der Waals surface area contributed by atoms with Crippen molar-refractivity contribution in [1.29, 1.82) is 0 Å². The minimum atomic E-state index is 0.302. The van der Waals surface area contributed by atoms with Gasteiger partial charge >= 0.3 is 0 Å². The Morgan fingerprint density at radius 3 is 2.50 bits per heavy atom. The summed E-state index contributed by atoms with van der Waals surface area (Å²) in [6.45, 7) is 6.68. The van der Waals surface area contributed by atoms with E-state index in [0.29, 0.717) is 11.9 Å². The molecule has 2 aromatic heterocycles. The number of aryl methyl sites for hydroxylation is 2.